The summed E-state index contributed by atoms with van der Waals surface area (Å²) in [6.45, 7) is 0. The van der Waals surface area contributed by atoms with Gasteiger partial charge >= 0.3 is 5.97 Å². The van der Waals surface area contributed by atoms with Crippen molar-refractivity contribution in [2.75, 3.05) is 7.11 Å². The first-order valence-electron chi connectivity index (χ1n) is 6.89. The highest BCUT2D eigenvalue weighted by Crippen LogP contribution is 2.32. The monoisotopic (exact) mass is 424 g/mol. The van der Waals surface area contributed by atoms with Crippen molar-refractivity contribution in [3.63, 3.8) is 0 Å². The molecule has 0 aliphatic heterocycles. The maximum atomic E-state index is 12.1. The molecule has 24 heavy (non-hydrogen) atoms. The number of carbonyl (C=O) groups excluding carboxylic acids is 1. The Labute approximate surface area is 157 Å². The van der Waals surface area contributed by atoms with Gasteiger partial charge in [-0.1, -0.05) is 57.3 Å². The van der Waals surface area contributed by atoms with Gasteiger partial charge in [0.1, 0.15) is 0 Å². The molecule has 0 fully saturated rings. The highest BCUT2D eigenvalue weighted by atomic mass is 79.9. The number of hydrogen-bond donors (Lipinski definition) is 0. The molecular weight excluding hydrogens is 415 g/mol. The van der Waals surface area contributed by atoms with Gasteiger partial charge < -0.3 is 4.74 Å². The Balaban J connectivity index is 2.21. The Morgan fingerprint density at radius 1 is 1.12 bits per heavy atom. The van der Waals surface area contributed by atoms with Crippen molar-refractivity contribution in [2.24, 2.45) is 0 Å². The summed E-state index contributed by atoms with van der Waals surface area (Å²) in [7, 11) is 1.31. The zero-order valence-corrected chi connectivity index (χ0v) is 15.6. The van der Waals surface area contributed by atoms with E-state index in [0.717, 1.165) is 4.47 Å². The predicted molar refractivity (Wildman–Crippen MR) is 98.1 cm³/mol. The molecule has 0 amide bonds. The highest BCUT2D eigenvalue weighted by Gasteiger charge is 2.21. The van der Waals surface area contributed by atoms with Crippen LogP contribution in [0.5, 0.6) is 0 Å². The van der Waals surface area contributed by atoms with Gasteiger partial charge in [-0.15, -0.1) is 0 Å². The van der Waals surface area contributed by atoms with Gasteiger partial charge in [-0.05, 0) is 24.3 Å². The molecular formula is C17H11BrCl2N2O2. The minimum atomic E-state index is -0.545. The first kappa shape index (κ1) is 17.0. The Morgan fingerprint density at radius 3 is 2.54 bits per heavy atom. The van der Waals surface area contributed by atoms with E-state index >= 15 is 0 Å². The number of nitrogens with zero attached hydrogens (tertiary/aromatic N) is 2. The van der Waals surface area contributed by atoms with E-state index in [0.29, 0.717) is 26.9 Å². The fourth-order valence-corrected chi connectivity index (χ4v) is 3.29. The van der Waals surface area contributed by atoms with Gasteiger partial charge in [-0.2, -0.15) is 5.10 Å². The topological polar surface area (TPSA) is 44.1 Å². The molecule has 0 saturated carbocycles. The summed E-state index contributed by atoms with van der Waals surface area (Å²) >= 11 is 15.9. The first-order valence-corrected chi connectivity index (χ1v) is 8.44. The highest BCUT2D eigenvalue weighted by molar-refractivity contribution is 9.10. The van der Waals surface area contributed by atoms with Crippen molar-refractivity contribution in [1.82, 2.24) is 9.78 Å². The Kier molecular flexibility index (Phi) is 4.94. The van der Waals surface area contributed by atoms with E-state index in [1.54, 1.807) is 29.1 Å². The summed E-state index contributed by atoms with van der Waals surface area (Å²) in [6.07, 6.45) is 1.71. The number of aromatic nitrogens is 2. The Hall–Kier alpha value is -1.82. The standard InChI is InChI=1S/C17H11BrCl2N2O2/c1-24-17(23)16-12(11-4-2-3-5-13(11)19)9-22(21-16)15-7-6-10(18)8-14(15)20/h2-9H,1H3. The number of rotatable bonds is 3. The summed E-state index contributed by atoms with van der Waals surface area (Å²) in [6, 6.07) is 12.6. The summed E-state index contributed by atoms with van der Waals surface area (Å²) in [5, 5.41) is 5.36. The number of esters is 1. The van der Waals surface area contributed by atoms with Crippen LogP contribution in [0, 0.1) is 0 Å². The normalized spacial score (nSPS) is 10.7. The van der Waals surface area contributed by atoms with Gasteiger partial charge in [0.05, 0.1) is 17.8 Å². The fourth-order valence-electron chi connectivity index (χ4n) is 2.29. The molecule has 3 rings (SSSR count). The quantitative estimate of drug-likeness (QED) is 0.528. The number of halogens is 3. The van der Waals surface area contributed by atoms with Crippen LogP contribution in [0.25, 0.3) is 16.8 Å². The van der Waals surface area contributed by atoms with Crippen molar-refractivity contribution in [3.05, 3.63) is 68.9 Å². The second-order valence-corrected chi connectivity index (χ2v) is 6.63. The predicted octanol–water partition coefficient (Wildman–Crippen LogP) is 5.40. The molecule has 0 spiro atoms. The summed E-state index contributed by atoms with van der Waals surface area (Å²) < 4.78 is 7.23. The van der Waals surface area contributed by atoms with Crippen molar-refractivity contribution >= 4 is 45.1 Å². The summed E-state index contributed by atoms with van der Waals surface area (Å²) in [5.74, 6) is -0.545. The lowest BCUT2D eigenvalue weighted by Crippen LogP contribution is -2.05. The third-order valence-electron chi connectivity index (χ3n) is 3.41. The van der Waals surface area contributed by atoms with E-state index in [1.807, 2.05) is 24.3 Å². The molecule has 4 nitrogen and oxygen atoms in total. The average molecular weight is 426 g/mol. The third-order valence-corrected chi connectivity index (χ3v) is 4.54. The molecule has 3 aromatic rings. The average Bonchev–Trinajstić information content (AvgIpc) is 2.99. The molecule has 2 aromatic carbocycles. The molecule has 7 heteroatoms. The first-order chi connectivity index (χ1) is 11.5. The lowest BCUT2D eigenvalue weighted by molar-refractivity contribution is 0.0594. The van der Waals surface area contributed by atoms with E-state index in [4.69, 9.17) is 27.9 Å². The molecule has 122 valence electrons. The molecule has 0 unspecified atom stereocenters. The van der Waals surface area contributed by atoms with E-state index in [-0.39, 0.29) is 5.69 Å². The molecule has 0 atom stereocenters. The zero-order chi connectivity index (χ0) is 17.3. The lowest BCUT2D eigenvalue weighted by atomic mass is 10.1. The van der Waals surface area contributed by atoms with Gasteiger partial charge in [0.15, 0.2) is 5.69 Å². The van der Waals surface area contributed by atoms with E-state index in [9.17, 15) is 4.79 Å². The van der Waals surface area contributed by atoms with Crippen molar-refractivity contribution in [2.45, 2.75) is 0 Å². The zero-order valence-electron chi connectivity index (χ0n) is 12.5. The van der Waals surface area contributed by atoms with E-state index < -0.39 is 5.97 Å². The van der Waals surface area contributed by atoms with Crippen LogP contribution < -0.4 is 0 Å². The van der Waals surface area contributed by atoms with Gasteiger partial charge in [-0.3, -0.25) is 0 Å². The third kappa shape index (κ3) is 3.20. The second-order valence-electron chi connectivity index (χ2n) is 4.90. The molecule has 1 heterocycles. The van der Waals surface area contributed by atoms with Crippen LogP contribution in [0.3, 0.4) is 0 Å². The Morgan fingerprint density at radius 2 is 1.88 bits per heavy atom. The second kappa shape index (κ2) is 6.97. The van der Waals surface area contributed by atoms with Crippen LogP contribution in [-0.4, -0.2) is 22.9 Å². The maximum Gasteiger partial charge on any atom is 0.359 e. The molecule has 0 saturated heterocycles. The van der Waals surface area contributed by atoms with Crippen LogP contribution in [0.15, 0.2) is 53.1 Å². The van der Waals surface area contributed by atoms with Crippen molar-refractivity contribution < 1.29 is 9.53 Å². The van der Waals surface area contributed by atoms with Crippen molar-refractivity contribution in [1.29, 1.82) is 0 Å². The minimum absolute atomic E-state index is 0.171. The number of ether oxygens (including phenoxy) is 1. The molecule has 0 aliphatic rings. The lowest BCUT2D eigenvalue weighted by Gasteiger charge is -2.04. The maximum absolute atomic E-state index is 12.1. The number of hydrogen-bond acceptors (Lipinski definition) is 3. The number of carbonyl (C=O) groups is 1. The van der Waals surface area contributed by atoms with E-state index in [2.05, 4.69) is 21.0 Å². The van der Waals surface area contributed by atoms with Crippen molar-refractivity contribution in [3.8, 4) is 16.8 Å². The summed E-state index contributed by atoms with van der Waals surface area (Å²) in [4.78, 5) is 12.1. The van der Waals surface area contributed by atoms with Crippen LogP contribution in [0.1, 0.15) is 10.5 Å². The van der Waals surface area contributed by atoms with Gasteiger partial charge in [0.25, 0.3) is 0 Å². The van der Waals surface area contributed by atoms with Crippen LogP contribution in [-0.2, 0) is 4.74 Å². The number of benzene rings is 2. The fraction of sp³-hybridized carbons (Fsp3) is 0.0588. The smallest absolute Gasteiger partial charge is 0.359 e. The largest absolute Gasteiger partial charge is 0.464 e. The molecule has 0 N–H and O–H groups in total. The molecule has 1 aromatic heterocycles. The molecule has 0 aliphatic carbocycles. The number of methoxy groups -OCH3 is 1. The van der Waals surface area contributed by atoms with Gasteiger partial charge in [0.2, 0.25) is 0 Å². The molecule has 0 radical (unpaired) electrons. The van der Waals surface area contributed by atoms with Crippen LogP contribution >= 0.6 is 39.1 Å². The van der Waals surface area contributed by atoms with Crippen LogP contribution in [0.4, 0.5) is 0 Å². The van der Waals surface area contributed by atoms with E-state index in [1.165, 1.54) is 7.11 Å². The van der Waals surface area contributed by atoms with Crippen LogP contribution in [0.2, 0.25) is 10.0 Å². The minimum Gasteiger partial charge on any atom is -0.464 e. The Bertz CT molecular complexity index is 925. The SMILES string of the molecule is COC(=O)c1nn(-c2ccc(Br)cc2Cl)cc1-c1ccccc1Cl. The molecule has 0 bridgehead atoms. The van der Waals surface area contributed by atoms with Gasteiger partial charge in [-0.25, -0.2) is 9.48 Å². The summed E-state index contributed by atoms with van der Waals surface area (Å²) in [5.41, 5.74) is 2.08. The van der Waals surface area contributed by atoms with Gasteiger partial charge in [0, 0.05) is 26.8 Å².